The average Bonchev–Trinajstić information content (AvgIpc) is 2.78. The second-order valence-corrected chi connectivity index (χ2v) is 7.37. The number of hydrogen-bond donors (Lipinski definition) is 7. The van der Waals surface area contributed by atoms with Crippen LogP contribution in [0.15, 0.2) is 24.3 Å². The molecule has 32 heavy (non-hydrogen) atoms. The number of aliphatic hydroxyl groups excluding tert-OH is 7. The maximum Gasteiger partial charge on any atom is 0.269 e. The summed E-state index contributed by atoms with van der Waals surface area (Å²) < 4.78 is 21.5. The summed E-state index contributed by atoms with van der Waals surface area (Å²) in [6, 6.07) is 4.82. The standard InChI is InChI=1S/C18H25NO13/c20-5-9-11(22)13(24)14(25)17(30-9)32-16-12(23)10(6-21)31-18(15(16)26)29-8-3-1-7(2-4-8)19(27)28/h1-4,9-18,20-26H,5-6H2/t9-,10-,11-,12-,13+,14-,15-,16?,17-,18+/m1/s1. The van der Waals surface area contributed by atoms with Crippen molar-refractivity contribution in [3.63, 3.8) is 0 Å². The molecular weight excluding hydrogens is 438 g/mol. The lowest BCUT2D eigenvalue weighted by atomic mass is 9.97. The van der Waals surface area contributed by atoms with Gasteiger partial charge in [0.2, 0.25) is 6.29 Å². The highest BCUT2D eigenvalue weighted by molar-refractivity contribution is 5.36. The van der Waals surface area contributed by atoms with E-state index in [0.717, 1.165) is 12.1 Å². The molecule has 7 N–H and O–H groups in total. The Morgan fingerprint density at radius 3 is 1.94 bits per heavy atom. The lowest BCUT2D eigenvalue weighted by Gasteiger charge is -2.45. The van der Waals surface area contributed by atoms with E-state index in [1.807, 2.05) is 0 Å². The predicted molar refractivity (Wildman–Crippen MR) is 100 cm³/mol. The van der Waals surface area contributed by atoms with Crippen LogP contribution in [0.5, 0.6) is 5.75 Å². The molecule has 14 heteroatoms. The topological polar surface area (TPSA) is 222 Å². The first-order chi connectivity index (χ1) is 15.2. The molecule has 2 heterocycles. The molecule has 2 aliphatic heterocycles. The minimum absolute atomic E-state index is 0.0688. The highest BCUT2D eigenvalue weighted by Gasteiger charge is 2.51. The van der Waals surface area contributed by atoms with Crippen LogP contribution in [0.4, 0.5) is 5.69 Å². The highest BCUT2D eigenvalue weighted by Crippen LogP contribution is 2.30. The first kappa shape index (κ1) is 24.7. The molecule has 14 nitrogen and oxygen atoms in total. The van der Waals surface area contributed by atoms with E-state index >= 15 is 0 Å². The van der Waals surface area contributed by atoms with Crippen molar-refractivity contribution in [1.29, 1.82) is 0 Å². The second kappa shape index (κ2) is 10.3. The Morgan fingerprint density at radius 1 is 0.812 bits per heavy atom. The molecule has 0 radical (unpaired) electrons. The summed E-state index contributed by atoms with van der Waals surface area (Å²) in [5.41, 5.74) is -0.199. The molecule has 2 fully saturated rings. The summed E-state index contributed by atoms with van der Waals surface area (Å²) in [4.78, 5) is 10.2. The number of aliphatic hydroxyl groups is 7. The van der Waals surface area contributed by atoms with Gasteiger partial charge in [0.1, 0.15) is 54.6 Å². The van der Waals surface area contributed by atoms with Gasteiger partial charge in [-0.1, -0.05) is 0 Å². The zero-order valence-electron chi connectivity index (χ0n) is 16.5. The van der Waals surface area contributed by atoms with E-state index in [1.165, 1.54) is 12.1 Å². The fourth-order valence-corrected chi connectivity index (χ4v) is 3.43. The Kier molecular flexibility index (Phi) is 7.94. The zero-order valence-corrected chi connectivity index (χ0v) is 16.5. The third kappa shape index (κ3) is 4.99. The number of nitro groups is 1. The molecule has 2 saturated heterocycles. The van der Waals surface area contributed by atoms with E-state index < -0.39 is 79.5 Å². The third-order valence-electron chi connectivity index (χ3n) is 5.26. The van der Waals surface area contributed by atoms with Crippen LogP contribution >= 0.6 is 0 Å². The van der Waals surface area contributed by atoms with Gasteiger partial charge < -0.3 is 54.7 Å². The van der Waals surface area contributed by atoms with E-state index in [2.05, 4.69) is 0 Å². The molecule has 0 amide bonds. The van der Waals surface area contributed by atoms with Crippen molar-refractivity contribution in [2.45, 2.75) is 61.4 Å². The Labute approximate surface area is 180 Å². The van der Waals surface area contributed by atoms with Gasteiger partial charge in [0, 0.05) is 12.1 Å². The largest absolute Gasteiger partial charge is 0.462 e. The van der Waals surface area contributed by atoms with Gasteiger partial charge in [0.15, 0.2) is 6.29 Å². The molecule has 1 aromatic rings. The Balaban J connectivity index is 1.76. The zero-order chi connectivity index (χ0) is 23.6. The summed E-state index contributed by atoms with van der Waals surface area (Å²) in [6.45, 7) is -1.42. The fourth-order valence-electron chi connectivity index (χ4n) is 3.43. The van der Waals surface area contributed by atoms with Gasteiger partial charge in [-0.05, 0) is 12.1 Å². The number of rotatable bonds is 7. The summed E-state index contributed by atoms with van der Waals surface area (Å²) in [7, 11) is 0. The van der Waals surface area contributed by atoms with Crippen molar-refractivity contribution in [3.8, 4) is 5.75 Å². The fraction of sp³-hybridized carbons (Fsp3) is 0.667. The summed E-state index contributed by atoms with van der Waals surface area (Å²) >= 11 is 0. The number of nitrogens with zero attached hydrogens (tertiary/aromatic N) is 1. The Morgan fingerprint density at radius 2 is 1.38 bits per heavy atom. The molecule has 3 rings (SSSR count). The number of hydrogen-bond acceptors (Lipinski definition) is 13. The van der Waals surface area contributed by atoms with Gasteiger partial charge in [-0.3, -0.25) is 10.1 Å². The van der Waals surface area contributed by atoms with E-state index in [0.29, 0.717) is 0 Å². The van der Waals surface area contributed by atoms with Gasteiger partial charge in [-0.2, -0.15) is 0 Å². The molecule has 0 aromatic heterocycles. The molecule has 2 aliphatic rings. The number of non-ortho nitro benzene ring substituents is 1. The van der Waals surface area contributed by atoms with E-state index in [4.69, 9.17) is 18.9 Å². The Bertz CT molecular complexity index is 762. The van der Waals surface area contributed by atoms with Crippen LogP contribution < -0.4 is 4.74 Å². The molecule has 10 atom stereocenters. The second-order valence-electron chi connectivity index (χ2n) is 7.37. The van der Waals surface area contributed by atoms with Crippen LogP contribution in [0.3, 0.4) is 0 Å². The van der Waals surface area contributed by atoms with Gasteiger partial charge in [-0.15, -0.1) is 0 Å². The number of nitro benzene ring substituents is 1. The van der Waals surface area contributed by atoms with E-state index in [1.54, 1.807) is 0 Å². The van der Waals surface area contributed by atoms with E-state index in [-0.39, 0.29) is 11.4 Å². The lowest BCUT2D eigenvalue weighted by molar-refractivity contribution is -0.384. The van der Waals surface area contributed by atoms with Crippen molar-refractivity contribution in [2.24, 2.45) is 0 Å². The molecule has 0 aliphatic carbocycles. The van der Waals surface area contributed by atoms with Gasteiger partial charge in [0.05, 0.1) is 18.1 Å². The van der Waals surface area contributed by atoms with Crippen molar-refractivity contribution < 1.29 is 59.6 Å². The molecule has 1 unspecified atom stereocenters. The smallest absolute Gasteiger partial charge is 0.269 e. The van der Waals surface area contributed by atoms with Crippen LogP contribution in [0.1, 0.15) is 0 Å². The van der Waals surface area contributed by atoms with Crippen molar-refractivity contribution >= 4 is 5.69 Å². The average molecular weight is 463 g/mol. The minimum atomic E-state index is -1.79. The van der Waals surface area contributed by atoms with Gasteiger partial charge >= 0.3 is 0 Å². The Hall–Kier alpha value is -1.98. The SMILES string of the molecule is O=[N+]([O-])c1ccc(O[C@H]2O[C@H](CO)[C@@H](O)C(O[C@H]3O[C@H](CO)[C@@H](O)[C@H](O)[C@H]3O)[C@H]2O)cc1. The molecule has 180 valence electrons. The minimum Gasteiger partial charge on any atom is -0.462 e. The summed E-state index contributed by atoms with van der Waals surface area (Å²) in [5, 5.41) is 80.6. The normalized spacial score (nSPS) is 40.1. The van der Waals surface area contributed by atoms with Crippen LogP contribution in [0.2, 0.25) is 0 Å². The maximum atomic E-state index is 10.8. The first-order valence-corrected chi connectivity index (χ1v) is 9.67. The molecular formula is C18H25NO13. The van der Waals surface area contributed by atoms with E-state index in [9.17, 15) is 45.9 Å². The van der Waals surface area contributed by atoms with Crippen molar-refractivity contribution in [2.75, 3.05) is 13.2 Å². The molecule has 0 saturated carbocycles. The summed E-state index contributed by atoms with van der Waals surface area (Å²) in [6.07, 6.45) is -15.8. The molecule has 0 bridgehead atoms. The highest BCUT2D eigenvalue weighted by atomic mass is 16.7. The van der Waals surface area contributed by atoms with Crippen molar-refractivity contribution in [3.05, 3.63) is 34.4 Å². The van der Waals surface area contributed by atoms with Crippen LogP contribution in [0, 0.1) is 10.1 Å². The van der Waals surface area contributed by atoms with Crippen molar-refractivity contribution in [1.82, 2.24) is 0 Å². The number of ether oxygens (including phenoxy) is 4. The monoisotopic (exact) mass is 463 g/mol. The first-order valence-electron chi connectivity index (χ1n) is 9.67. The lowest BCUT2D eigenvalue weighted by Crippen LogP contribution is -2.65. The molecule has 1 aromatic carbocycles. The van der Waals surface area contributed by atoms with Crippen LogP contribution in [-0.4, -0.2) is 115 Å². The number of benzene rings is 1. The summed E-state index contributed by atoms with van der Waals surface area (Å²) in [5.74, 6) is 0.0688. The maximum absolute atomic E-state index is 10.8. The quantitative estimate of drug-likeness (QED) is 0.155. The van der Waals surface area contributed by atoms with Gasteiger partial charge in [-0.25, -0.2) is 0 Å². The predicted octanol–water partition coefficient (Wildman–Crippen LogP) is -3.40. The third-order valence-corrected chi connectivity index (χ3v) is 5.26. The van der Waals surface area contributed by atoms with Crippen LogP contribution in [-0.2, 0) is 14.2 Å². The molecule has 0 spiro atoms. The van der Waals surface area contributed by atoms with Crippen LogP contribution in [0.25, 0.3) is 0 Å². The van der Waals surface area contributed by atoms with Gasteiger partial charge in [0.25, 0.3) is 5.69 Å².